The molecule has 0 atom stereocenters. The van der Waals surface area contributed by atoms with Gasteiger partial charge in [-0.1, -0.05) is 23.2 Å². The molecular formula is C13H14Cl2N2O2. The molecular weight excluding hydrogens is 287 g/mol. The van der Waals surface area contributed by atoms with Gasteiger partial charge in [-0.25, -0.2) is 4.98 Å². The van der Waals surface area contributed by atoms with Crippen molar-refractivity contribution in [1.29, 1.82) is 0 Å². The molecule has 0 bridgehead atoms. The molecule has 0 unspecified atom stereocenters. The van der Waals surface area contributed by atoms with E-state index in [9.17, 15) is 0 Å². The van der Waals surface area contributed by atoms with Crippen LogP contribution in [0.2, 0.25) is 10.0 Å². The van der Waals surface area contributed by atoms with Gasteiger partial charge in [-0.15, -0.1) is 0 Å². The van der Waals surface area contributed by atoms with E-state index >= 15 is 0 Å². The number of halogens is 2. The number of benzene rings is 1. The highest BCUT2D eigenvalue weighted by Crippen LogP contribution is 2.37. The second-order valence-corrected chi connectivity index (χ2v) is 5.70. The normalized spacial score (nSPS) is 18.9. The van der Waals surface area contributed by atoms with Gasteiger partial charge in [0.1, 0.15) is 5.52 Å². The molecule has 4 nitrogen and oxygen atoms in total. The van der Waals surface area contributed by atoms with Crippen LogP contribution in [0.25, 0.3) is 11.1 Å². The second kappa shape index (κ2) is 4.94. The van der Waals surface area contributed by atoms with Crippen LogP contribution in [0, 0.1) is 0 Å². The second-order valence-electron chi connectivity index (χ2n) is 4.85. The van der Waals surface area contributed by atoms with Crippen LogP contribution in [0.5, 0.6) is 0 Å². The first kappa shape index (κ1) is 13.2. The number of hydrogen-bond donors (Lipinski definition) is 1. The van der Waals surface area contributed by atoms with Gasteiger partial charge in [0.25, 0.3) is 0 Å². The fourth-order valence-electron chi connectivity index (χ4n) is 2.45. The zero-order valence-corrected chi connectivity index (χ0v) is 11.8. The van der Waals surface area contributed by atoms with Gasteiger partial charge < -0.3 is 14.9 Å². The summed E-state index contributed by atoms with van der Waals surface area (Å²) in [7, 11) is 0. The van der Waals surface area contributed by atoms with Gasteiger partial charge in [-0.3, -0.25) is 0 Å². The molecule has 0 spiro atoms. The van der Waals surface area contributed by atoms with Gasteiger partial charge in [0.2, 0.25) is 5.89 Å². The minimum Gasteiger partial charge on any atom is -0.438 e. The number of nitrogens with zero attached hydrogens (tertiary/aromatic N) is 1. The largest absolute Gasteiger partial charge is 0.438 e. The Morgan fingerprint density at radius 1 is 1.26 bits per heavy atom. The Balaban J connectivity index is 2.11. The highest BCUT2D eigenvalue weighted by atomic mass is 35.5. The summed E-state index contributed by atoms with van der Waals surface area (Å²) in [5.74, 6) is 0.637. The highest BCUT2D eigenvalue weighted by molar-refractivity contribution is 6.37. The van der Waals surface area contributed by atoms with Crippen molar-refractivity contribution >= 4 is 34.3 Å². The predicted molar refractivity (Wildman–Crippen MR) is 74.8 cm³/mol. The molecule has 102 valence electrons. The maximum absolute atomic E-state index is 6.13. The Morgan fingerprint density at radius 3 is 2.68 bits per heavy atom. The monoisotopic (exact) mass is 300 g/mol. The van der Waals surface area contributed by atoms with Crippen LogP contribution in [-0.4, -0.2) is 24.7 Å². The van der Waals surface area contributed by atoms with Crippen molar-refractivity contribution in [2.24, 2.45) is 5.73 Å². The number of hydrogen-bond acceptors (Lipinski definition) is 4. The number of rotatable bonds is 2. The lowest BCUT2D eigenvalue weighted by atomic mass is 9.80. The summed E-state index contributed by atoms with van der Waals surface area (Å²) in [6, 6.07) is 3.40. The van der Waals surface area contributed by atoms with E-state index in [0.717, 1.165) is 12.8 Å². The third-order valence-electron chi connectivity index (χ3n) is 3.70. The Labute approximate surface area is 120 Å². The van der Waals surface area contributed by atoms with Crippen LogP contribution in [0.15, 0.2) is 16.5 Å². The lowest BCUT2D eigenvalue weighted by molar-refractivity contribution is 0.0438. The van der Waals surface area contributed by atoms with E-state index in [0.29, 0.717) is 46.8 Å². The van der Waals surface area contributed by atoms with E-state index in [1.54, 1.807) is 12.1 Å². The van der Waals surface area contributed by atoms with Crippen LogP contribution in [0.1, 0.15) is 18.7 Å². The van der Waals surface area contributed by atoms with Gasteiger partial charge >= 0.3 is 0 Å². The Hall–Kier alpha value is -0.810. The standard InChI is InChI=1S/C13H14Cl2N2O2/c14-8-5-9(15)11-10(6-8)17-12(19-11)13(7-16)1-3-18-4-2-13/h5-6H,1-4,7,16H2. The van der Waals surface area contributed by atoms with Gasteiger partial charge in [-0.2, -0.15) is 0 Å². The first-order chi connectivity index (χ1) is 9.14. The zero-order chi connectivity index (χ0) is 13.5. The predicted octanol–water partition coefficient (Wildman–Crippen LogP) is 3.14. The molecule has 1 aromatic heterocycles. The SMILES string of the molecule is NCC1(c2nc3cc(Cl)cc(Cl)c3o2)CCOCC1. The molecule has 1 aromatic carbocycles. The van der Waals surface area contributed by atoms with E-state index in [-0.39, 0.29) is 5.41 Å². The minimum absolute atomic E-state index is 0.257. The molecule has 2 heterocycles. The smallest absolute Gasteiger partial charge is 0.203 e. The van der Waals surface area contributed by atoms with Gasteiger partial charge in [0, 0.05) is 24.8 Å². The summed E-state index contributed by atoms with van der Waals surface area (Å²) in [5.41, 5.74) is 6.93. The number of oxazole rings is 1. The van der Waals surface area contributed by atoms with E-state index in [1.807, 2.05) is 0 Å². The minimum atomic E-state index is -0.257. The van der Waals surface area contributed by atoms with Crippen molar-refractivity contribution in [1.82, 2.24) is 4.98 Å². The van der Waals surface area contributed by atoms with Crippen LogP contribution in [0.4, 0.5) is 0 Å². The van der Waals surface area contributed by atoms with E-state index < -0.39 is 0 Å². The van der Waals surface area contributed by atoms with Crippen molar-refractivity contribution in [2.45, 2.75) is 18.3 Å². The number of fused-ring (bicyclic) bond motifs is 1. The Morgan fingerprint density at radius 2 is 2.00 bits per heavy atom. The molecule has 1 aliphatic rings. The molecule has 0 aliphatic carbocycles. The first-order valence-electron chi connectivity index (χ1n) is 6.18. The summed E-state index contributed by atoms with van der Waals surface area (Å²) >= 11 is 12.1. The zero-order valence-electron chi connectivity index (χ0n) is 10.3. The maximum Gasteiger partial charge on any atom is 0.203 e. The lowest BCUT2D eigenvalue weighted by Gasteiger charge is -2.32. The molecule has 2 aromatic rings. The molecule has 0 saturated carbocycles. The van der Waals surface area contributed by atoms with Gasteiger partial charge in [0.05, 0.1) is 10.4 Å². The molecule has 1 fully saturated rings. The van der Waals surface area contributed by atoms with Crippen LogP contribution < -0.4 is 5.73 Å². The molecule has 0 radical (unpaired) electrons. The third-order valence-corrected chi connectivity index (χ3v) is 4.20. The lowest BCUT2D eigenvalue weighted by Crippen LogP contribution is -2.40. The first-order valence-corrected chi connectivity index (χ1v) is 6.94. The van der Waals surface area contributed by atoms with Crippen molar-refractivity contribution in [2.75, 3.05) is 19.8 Å². The van der Waals surface area contributed by atoms with E-state index in [1.165, 1.54) is 0 Å². The fourth-order valence-corrected chi connectivity index (χ4v) is 2.98. The van der Waals surface area contributed by atoms with Gasteiger partial charge in [-0.05, 0) is 25.0 Å². The highest BCUT2D eigenvalue weighted by Gasteiger charge is 2.38. The number of aromatic nitrogens is 1. The fraction of sp³-hybridized carbons (Fsp3) is 0.462. The molecule has 3 rings (SSSR count). The number of ether oxygens (including phenoxy) is 1. The maximum atomic E-state index is 6.13. The van der Waals surface area contributed by atoms with Crippen molar-refractivity contribution in [3.8, 4) is 0 Å². The van der Waals surface area contributed by atoms with Gasteiger partial charge in [0.15, 0.2) is 5.58 Å². The summed E-state index contributed by atoms with van der Waals surface area (Å²) in [6.45, 7) is 1.82. The molecule has 19 heavy (non-hydrogen) atoms. The molecule has 6 heteroatoms. The van der Waals surface area contributed by atoms with E-state index in [2.05, 4.69) is 4.98 Å². The molecule has 2 N–H and O–H groups in total. The summed E-state index contributed by atoms with van der Waals surface area (Å²) in [5, 5.41) is 1.02. The quantitative estimate of drug-likeness (QED) is 0.925. The molecule has 1 aliphatic heterocycles. The average Bonchev–Trinajstić information content (AvgIpc) is 2.84. The van der Waals surface area contributed by atoms with Crippen LogP contribution >= 0.6 is 23.2 Å². The van der Waals surface area contributed by atoms with Crippen LogP contribution in [0.3, 0.4) is 0 Å². The van der Waals surface area contributed by atoms with E-state index in [4.69, 9.17) is 38.1 Å². The molecule has 0 amide bonds. The summed E-state index contributed by atoms with van der Waals surface area (Å²) in [4.78, 5) is 4.53. The average molecular weight is 301 g/mol. The summed E-state index contributed by atoms with van der Waals surface area (Å²) < 4.78 is 11.2. The van der Waals surface area contributed by atoms with Crippen molar-refractivity contribution < 1.29 is 9.15 Å². The number of nitrogens with two attached hydrogens (primary N) is 1. The Kier molecular flexibility index (Phi) is 3.43. The topological polar surface area (TPSA) is 61.3 Å². The van der Waals surface area contributed by atoms with Crippen LogP contribution in [-0.2, 0) is 10.2 Å². The Bertz CT molecular complexity index is 606. The third kappa shape index (κ3) is 2.23. The summed E-state index contributed by atoms with van der Waals surface area (Å²) in [6.07, 6.45) is 1.61. The van der Waals surface area contributed by atoms with Crippen molar-refractivity contribution in [3.05, 3.63) is 28.1 Å². The molecule has 1 saturated heterocycles. The van der Waals surface area contributed by atoms with Crippen molar-refractivity contribution in [3.63, 3.8) is 0 Å².